The number of hydrogen-bond donors (Lipinski definition) is 2. The molecule has 0 spiro atoms. The predicted molar refractivity (Wildman–Crippen MR) is 151 cm³/mol. The van der Waals surface area contributed by atoms with E-state index in [1.807, 2.05) is 43.3 Å². The Bertz CT molecular complexity index is 1350. The van der Waals surface area contributed by atoms with Gasteiger partial charge in [-0.25, -0.2) is 0 Å². The second-order valence-corrected chi connectivity index (χ2v) is 11.8. The first-order valence-electron chi connectivity index (χ1n) is 13.0. The number of fused-ring (bicyclic) bond motifs is 1. The lowest BCUT2D eigenvalue weighted by Crippen LogP contribution is -2.49. The van der Waals surface area contributed by atoms with Gasteiger partial charge in [-0.3, -0.25) is 9.69 Å². The molecule has 39 heavy (non-hydrogen) atoms. The third-order valence-electron chi connectivity index (χ3n) is 8.08. The molecule has 1 amide bonds. The summed E-state index contributed by atoms with van der Waals surface area (Å²) in [5.74, 6) is -0.230. The fraction of sp³-hybridized carbons (Fsp3) is 0.387. The van der Waals surface area contributed by atoms with Gasteiger partial charge in [-0.05, 0) is 68.1 Å². The van der Waals surface area contributed by atoms with Crippen molar-refractivity contribution < 1.29 is 24.5 Å². The fourth-order valence-corrected chi connectivity index (χ4v) is 5.69. The zero-order valence-electron chi connectivity index (χ0n) is 22.3. The maximum absolute atomic E-state index is 14.4. The second kappa shape index (κ2) is 10.5. The average molecular weight is 571 g/mol. The van der Waals surface area contributed by atoms with Gasteiger partial charge < -0.3 is 19.7 Å². The highest BCUT2D eigenvalue weighted by atomic mass is 35.5. The molecule has 0 saturated heterocycles. The topological polar surface area (TPSA) is 79.2 Å². The molecule has 0 unspecified atom stereocenters. The first-order chi connectivity index (χ1) is 18.6. The van der Waals surface area contributed by atoms with E-state index in [4.69, 9.17) is 32.7 Å². The Morgan fingerprint density at radius 2 is 1.64 bits per heavy atom. The molecule has 6 nitrogen and oxygen atoms in total. The van der Waals surface area contributed by atoms with Gasteiger partial charge in [0.05, 0.1) is 25.9 Å². The number of ether oxygens (including phenoxy) is 2. The molecule has 2 N–H and O–H groups in total. The number of halogens is 2. The first-order valence-corrected chi connectivity index (χ1v) is 13.8. The fourth-order valence-electron chi connectivity index (χ4n) is 5.44. The van der Waals surface area contributed by atoms with Gasteiger partial charge in [0, 0.05) is 39.3 Å². The number of carbonyl (C=O) groups excluding carboxylic acids is 1. The zero-order valence-corrected chi connectivity index (χ0v) is 23.8. The molecule has 0 bridgehead atoms. The van der Waals surface area contributed by atoms with Crippen molar-refractivity contribution in [2.75, 3.05) is 26.9 Å². The first kappa shape index (κ1) is 28.1. The van der Waals surface area contributed by atoms with E-state index in [2.05, 4.69) is 0 Å². The monoisotopic (exact) mass is 569 g/mol. The molecule has 2 aliphatic rings. The normalized spacial score (nSPS) is 21.9. The van der Waals surface area contributed by atoms with Crippen LogP contribution in [0.25, 0.3) is 0 Å². The van der Waals surface area contributed by atoms with Crippen molar-refractivity contribution in [1.82, 2.24) is 4.90 Å². The Kier molecular flexibility index (Phi) is 7.57. The highest BCUT2D eigenvalue weighted by Crippen LogP contribution is 2.53. The number of nitrogens with zero attached hydrogens (tertiary/aromatic N) is 1. The molecule has 1 aliphatic carbocycles. The number of hydrogen-bond acceptors (Lipinski definition) is 5. The third-order valence-corrected chi connectivity index (χ3v) is 8.58. The van der Waals surface area contributed by atoms with Crippen molar-refractivity contribution in [3.63, 3.8) is 0 Å². The van der Waals surface area contributed by atoms with Crippen LogP contribution in [0, 0.1) is 5.41 Å². The lowest BCUT2D eigenvalue weighted by Gasteiger charge is -2.43. The van der Waals surface area contributed by atoms with Crippen molar-refractivity contribution >= 4 is 29.1 Å². The van der Waals surface area contributed by atoms with E-state index >= 15 is 0 Å². The summed E-state index contributed by atoms with van der Waals surface area (Å²) >= 11 is 12.5. The molecule has 3 atom stereocenters. The van der Waals surface area contributed by atoms with Crippen molar-refractivity contribution in [2.24, 2.45) is 5.41 Å². The van der Waals surface area contributed by atoms with Crippen LogP contribution in [-0.2, 0) is 20.8 Å². The van der Waals surface area contributed by atoms with E-state index in [1.54, 1.807) is 42.2 Å². The summed E-state index contributed by atoms with van der Waals surface area (Å²) in [7, 11) is 1.52. The third kappa shape index (κ3) is 4.99. The van der Waals surface area contributed by atoms with Crippen LogP contribution >= 0.6 is 23.2 Å². The van der Waals surface area contributed by atoms with Crippen LogP contribution in [0.15, 0.2) is 66.7 Å². The van der Waals surface area contributed by atoms with Gasteiger partial charge in [-0.2, -0.15) is 0 Å². The maximum Gasteiger partial charge on any atom is 0.257 e. The summed E-state index contributed by atoms with van der Waals surface area (Å²) in [4.78, 5) is 16.2. The highest BCUT2D eigenvalue weighted by Gasteiger charge is 2.56. The van der Waals surface area contributed by atoms with Crippen molar-refractivity contribution in [3.8, 4) is 0 Å². The molecule has 3 aromatic carbocycles. The van der Waals surface area contributed by atoms with Crippen molar-refractivity contribution in [2.45, 2.75) is 44.1 Å². The number of methoxy groups -OCH3 is 1. The van der Waals surface area contributed by atoms with Crippen molar-refractivity contribution in [3.05, 3.63) is 105 Å². The molecule has 3 aromatic rings. The molecule has 1 saturated carbocycles. The van der Waals surface area contributed by atoms with Crippen LogP contribution in [0.4, 0.5) is 0 Å². The molecule has 1 fully saturated rings. The smallest absolute Gasteiger partial charge is 0.257 e. The molecule has 1 aliphatic heterocycles. The molecule has 0 aromatic heterocycles. The Morgan fingerprint density at radius 3 is 2.21 bits per heavy atom. The van der Waals surface area contributed by atoms with E-state index < -0.39 is 17.4 Å². The minimum absolute atomic E-state index is 0.00998. The van der Waals surface area contributed by atoms with Crippen LogP contribution < -0.4 is 0 Å². The lowest BCUT2D eigenvalue weighted by molar-refractivity contribution is -0.137. The van der Waals surface area contributed by atoms with E-state index in [-0.39, 0.29) is 31.1 Å². The molecular formula is C31H33Cl2NO5. The predicted octanol–water partition coefficient (Wildman–Crippen LogP) is 6.05. The number of aliphatic hydroxyl groups is 2. The van der Waals surface area contributed by atoms with E-state index in [0.717, 1.165) is 24.0 Å². The van der Waals surface area contributed by atoms with Crippen molar-refractivity contribution in [1.29, 1.82) is 0 Å². The Labute approximate surface area is 239 Å². The van der Waals surface area contributed by atoms with Crippen LogP contribution in [0.2, 0.25) is 10.0 Å². The minimum Gasteiger partial charge on any atom is -0.396 e. The minimum atomic E-state index is -1.30. The van der Waals surface area contributed by atoms with Crippen LogP contribution in [0.1, 0.15) is 65.3 Å². The lowest BCUT2D eigenvalue weighted by atomic mass is 9.88. The van der Waals surface area contributed by atoms with Crippen LogP contribution in [0.3, 0.4) is 0 Å². The molecule has 8 heteroatoms. The largest absolute Gasteiger partial charge is 0.396 e. The van der Waals surface area contributed by atoms with Gasteiger partial charge in [0.25, 0.3) is 5.91 Å². The van der Waals surface area contributed by atoms with E-state index in [1.165, 1.54) is 7.11 Å². The summed E-state index contributed by atoms with van der Waals surface area (Å²) in [5, 5.41) is 22.3. The average Bonchev–Trinajstić information content (AvgIpc) is 3.67. The number of benzene rings is 3. The Balaban J connectivity index is 1.73. The molecule has 206 valence electrons. The van der Waals surface area contributed by atoms with Crippen LogP contribution in [-0.4, -0.2) is 48.0 Å². The summed E-state index contributed by atoms with van der Waals surface area (Å²) in [6.45, 7) is 3.97. The molecule has 5 rings (SSSR count). The van der Waals surface area contributed by atoms with Crippen LogP contribution in [0.5, 0.6) is 0 Å². The Hall–Kier alpha value is -2.45. The molecule has 0 radical (unpaired) electrons. The summed E-state index contributed by atoms with van der Waals surface area (Å²) in [5.41, 5.74) is 0.376. The van der Waals surface area contributed by atoms with Gasteiger partial charge in [0.1, 0.15) is 5.60 Å². The standard InChI is InChI=1S/C31H33Cl2NO5/c1-20(21-4-9-24(32)10-5-21)34-28(36)26-16-23(29(2,37)18-38-3)8-13-27(26)31(34,22-6-11-25(33)12-7-22)39-19-30(17-35)14-15-30/h4-13,16,20,35,37H,14-15,17-19H2,1-3H3/t20-,29+,31+/m0/s1. The quantitative estimate of drug-likeness (QED) is 0.310. The number of aliphatic hydroxyl groups excluding tert-OH is 1. The van der Waals surface area contributed by atoms with Gasteiger partial charge >= 0.3 is 0 Å². The SMILES string of the molecule is COC[C@@](C)(O)c1ccc2c(c1)C(=O)N([C@@H](C)c1ccc(Cl)cc1)[C@@]2(OCC1(CO)CC1)c1ccc(Cl)cc1. The van der Waals surface area contributed by atoms with E-state index in [0.29, 0.717) is 26.7 Å². The Morgan fingerprint density at radius 1 is 1.03 bits per heavy atom. The van der Waals surface area contributed by atoms with Gasteiger partial charge in [0.15, 0.2) is 5.72 Å². The zero-order chi connectivity index (χ0) is 28.0. The van der Waals surface area contributed by atoms with E-state index in [9.17, 15) is 15.0 Å². The molecule has 1 heterocycles. The number of carbonyl (C=O) groups is 1. The summed E-state index contributed by atoms with van der Waals surface area (Å²) in [6.07, 6.45) is 1.71. The van der Waals surface area contributed by atoms with Gasteiger partial charge in [0.2, 0.25) is 0 Å². The maximum atomic E-state index is 14.4. The number of rotatable bonds is 10. The summed E-state index contributed by atoms with van der Waals surface area (Å²) < 4.78 is 12.1. The van der Waals surface area contributed by atoms with Gasteiger partial charge in [-0.15, -0.1) is 0 Å². The molecular weight excluding hydrogens is 537 g/mol. The number of amides is 1. The summed E-state index contributed by atoms with van der Waals surface area (Å²) in [6, 6.07) is 19.7. The second-order valence-electron chi connectivity index (χ2n) is 11.0. The van der Waals surface area contributed by atoms with Gasteiger partial charge in [-0.1, -0.05) is 59.6 Å². The highest BCUT2D eigenvalue weighted by molar-refractivity contribution is 6.30.